The van der Waals surface area contributed by atoms with E-state index < -0.39 is 0 Å². The third-order valence-electron chi connectivity index (χ3n) is 2.49. The summed E-state index contributed by atoms with van der Waals surface area (Å²) in [6.07, 6.45) is 3.39. The maximum Gasteiger partial charge on any atom is 0.226 e. The van der Waals surface area contributed by atoms with E-state index in [1.54, 1.807) is 0 Å². The number of aromatic nitrogens is 2. The molecule has 0 amide bonds. The predicted octanol–water partition coefficient (Wildman–Crippen LogP) is 0.920. The van der Waals surface area contributed by atoms with Gasteiger partial charge < -0.3 is 9.84 Å². The molecule has 0 aliphatic carbocycles. The molecule has 0 aromatic carbocycles. The minimum absolute atomic E-state index is 0.723. The minimum Gasteiger partial charge on any atom is -0.339 e. The number of nitrogens with one attached hydrogen (secondary N) is 1. The first-order valence-corrected chi connectivity index (χ1v) is 4.84. The average molecular weight is 181 g/mol. The fourth-order valence-electron chi connectivity index (χ4n) is 1.76. The smallest absolute Gasteiger partial charge is 0.226 e. The molecule has 0 unspecified atom stereocenters. The number of hydrogen-bond donors (Lipinski definition) is 1. The molecular weight excluding hydrogens is 166 g/mol. The summed E-state index contributed by atoms with van der Waals surface area (Å²) in [4.78, 5) is 4.21. The van der Waals surface area contributed by atoms with Crippen LogP contribution in [0.2, 0.25) is 0 Å². The van der Waals surface area contributed by atoms with E-state index in [4.69, 9.17) is 4.52 Å². The Labute approximate surface area is 77.7 Å². The second-order valence-electron chi connectivity index (χ2n) is 3.63. The van der Waals surface area contributed by atoms with E-state index >= 15 is 0 Å². The Kier molecular flexibility index (Phi) is 2.59. The van der Waals surface area contributed by atoms with Gasteiger partial charge in [-0.1, -0.05) is 5.16 Å². The van der Waals surface area contributed by atoms with Crippen molar-refractivity contribution in [2.45, 2.75) is 26.2 Å². The Morgan fingerprint density at radius 2 is 2.23 bits per heavy atom. The molecule has 0 atom stereocenters. The lowest BCUT2D eigenvalue weighted by molar-refractivity contribution is 0.312. The Hall–Kier alpha value is -0.900. The van der Waals surface area contributed by atoms with Crippen LogP contribution in [0, 0.1) is 12.8 Å². The maximum atomic E-state index is 5.09. The molecule has 72 valence electrons. The second kappa shape index (κ2) is 3.87. The van der Waals surface area contributed by atoms with Gasteiger partial charge in [-0.3, -0.25) is 0 Å². The molecule has 1 fully saturated rings. The van der Waals surface area contributed by atoms with Gasteiger partial charge in [-0.15, -0.1) is 0 Å². The third kappa shape index (κ3) is 2.28. The Morgan fingerprint density at radius 3 is 2.85 bits per heavy atom. The molecule has 1 aliphatic rings. The molecule has 13 heavy (non-hydrogen) atoms. The highest BCUT2D eigenvalue weighted by molar-refractivity contribution is 4.86. The number of hydrogen-bond acceptors (Lipinski definition) is 4. The van der Waals surface area contributed by atoms with Gasteiger partial charge in [-0.2, -0.15) is 4.98 Å². The van der Waals surface area contributed by atoms with E-state index in [9.17, 15) is 0 Å². The van der Waals surface area contributed by atoms with E-state index in [2.05, 4.69) is 15.5 Å². The average Bonchev–Trinajstić information content (AvgIpc) is 2.53. The molecule has 2 rings (SSSR count). The van der Waals surface area contributed by atoms with Crippen LogP contribution in [0.15, 0.2) is 4.52 Å². The number of aryl methyl sites for hydroxylation is 1. The van der Waals surface area contributed by atoms with Crippen molar-refractivity contribution in [3.05, 3.63) is 11.7 Å². The standard InChI is InChI=1S/C9H15N3O/c1-7-11-9(13-12-7)6-8-2-4-10-5-3-8/h8,10H,2-6H2,1H3. The summed E-state index contributed by atoms with van der Waals surface area (Å²) in [6, 6.07) is 0. The SMILES string of the molecule is Cc1noc(CC2CCNCC2)n1. The zero-order valence-corrected chi connectivity index (χ0v) is 7.92. The quantitative estimate of drug-likeness (QED) is 0.737. The van der Waals surface area contributed by atoms with Crippen LogP contribution in [0.5, 0.6) is 0 Å². The maximum absolute atomic E-state index is 5.09. The van der Waals surface area contributed by atoms with Crippen LogP contribution in [0.4, 0.5) is 0 Å². The van der Waals surface area contributed by atoms with Gasteiger partial charge in [-0.05, 0) is 38.8 Å². The first-order chi connectivity index (χ1) is 6.34. The van der Waals surface area contributed by atoms with Gasteiger partial charge in [0.25, 0.3) is 0 Å². The fraction of sp³-hybridized carbons (Fsp3) is 0.778. The van der Waals surface area contributed by atoms with Crippen LogP contribution in [-0.2, 0) is 6.42 Å². The Morgan fingerprint density at radius 1 is 1.46 bits per heavy atom. The van der Waals surface area contributed by atoms with Crippen molar-refractivity contribution in [2.24, 2.45) is 5.92 Å². The van der Waals surface area contributed by atoms with Crippen molar-refractivity contribution in [1.82, 2.24) is 15.5 Å². The van der Waals surface area contributed by atoms with Gasteiger partial charge in [0, 0.05) is 6.42 Å². The zero-order chi connectivity index (χ0) is 9.10. The highest BCUT2D eigenvalue weighted by atomic mass is 16.5. The fourth-order valence-corrected chi connectivity index (χ4v) is 1.76. The van der Waals surface area contributed by atoms with Crippen LogP contribution in [0.25, 0.3) is 0 Å². The lowest BCUT2D eigenvalue weighted by Crippen LogP contribution is -2.28. The summed E-state index contributed by atoms with van der Waals surface area (Å²) in [6.45, 7) is 4.10. The van der Waals surface area contributed by atoms with Gasteiger partial charge in [-0.25, -0.2) is 0 Å². The Balaban J connectivity index is 1.89. The summed E-state index contributed by atoms with van der Waals surface area (Å²) < 4.78 is 5.09. The van der Waals surface area contributed by atoms with Crippen molar-refractivity contribution in [3.8, 4) is 0 Å². The van der Waals surface area contributed by atoms with E-state index in [1.807, 2.05) is 6.92 Å². The Bertz CT molecular complexity index is 266. The number of rotatable bonds is 2. The van der Waals surface area contributed by atoms with Crippen LogP contribution in [0.1, 0.15) is 24.6 Å². The normalized spacial score (nSPS) is 19.2. The summed E-state index contributed by atoms with van der Waals surface area (Å²) >= 11 is 0. The summed E-state index contributed by atoms with van der Waals surface area (Å²) in [5, 5.41) is 7.12. The molecule has 1 aromatic heterocycles. The monoisotopic (exact) mass is 181 g/mol. The first-order valence-electron chi connectivity index (χ1n) is 4.84. The zero-order valence-electron chi connectivity index (χ0n) is 7.92. The van der Waals surface area contributed by atoms with Gasteiger partial charge in [0.2, 0.25) is 5.89 Å². The van der Waals surface area contributed by atoms with Crippen molar-refractivity contribution in [1.29, 1.82) is 0 Å². The van der Waals surface area contributed by atoms with Crippen LogP contribution >= 0.6 is 0 Å². The molecule has 0 spiro atoms. The largest absolute Gasteiger partial charge is 0.339 e. The van der Waals surface area contributed by atoms with Crippen molar-refractivity contribution in [3.63, 3.8) is 0 Å². The van der Waals surface area contributed by atoms with Gasteiger partial charge in [0.05, 0.1) is 0 Å². The molecule has 1 saturated heterocycles. The lowest BCUT2D eigenvalue weighted by Gasteiger charge is -2.20. The predicted molar refractivity (Wildman–Crippen MR) is 48.3 cm³/mol. The number of piperidine rings is 1. The molecule has 0 radical (unpaired) electrons. The van der Waals surface area contributed by atoms with E-state index in [-0.39, 0.29) is 0 Å². The molecule has 1 N–H and O–H groups in total. The van der Waals surface area contributed by atoms with E-state index in [0.717, 1.165) is 37.1 Å². The highest BCUT2D eigenvalue weighted by Gasteiger charge is 2.16. The van der Waals surface area contributed by atoms with Gasteiger partial charge in [0.15, 0.2) is 5.82 Å². The molecule has 4 heteroatoms. The van der Waals surface area contributed by atoms with Crippen LogP contribution < -0.4 is 5.32 Å². The molecule has 2 heterocycles. The summed E-state index contributed by atoms with van der Waals surface area (Å²) in [5.41, 5.74) is 0. The summed E-state index contributed by atoms with van der Waals surface area (Å²) in [7, 11) is 0. The second-order valence-corrected chi connectivity index (χ2v) is 3.63. The van der Waals surface area contributed by atoms with Crippen molar-refractivity contribution >= 4 is 0 Å². The molecule has 1 aromatic rings. The van der Waals surface area contributed by atoms with Crippen molar-refractivity contribution < 1.29 is 4.52 Å². The topological polar surface area (TPSA) is 51.0 Å². The molecule has 1 aliphatic heterocycles. The highest BCUT2D eigenvalue weighted by Crippen LogP contribution is 2.16. The summed E-state index contributed by atoms with van der Waals surface area (Å²) in [5.74, 6) is 2.26. The third-order valence-corrected chi connectivity index (χ3v) is 2.49. The molecule has 0 saturated carbocycles. The minimum atomic E-state index is 0.723. The number of nitrogens with zero attached hydrogens (tertiary/aromatic N) is 2. The van der Waals surface area contributed by atoms with Crippen LogP contribution in [-0.4, -0.2) is 23.2 Å². The van der Waals surface area contributed by atoms with Crippen molar-refractivity contribution in [2.75, 3.05) is 13.1 Å². The van der Waals surface area contributed by atoms with E-state index in [0.29, 0.717) is 0 Å². The lowest BCUT2D eigenvalue weighted by atomic mass is 9.95. The van der Waals surface area contributed by atoms with Gasteiger partial charge >= 0.3 is 0 Å². The molecular formula is C9H15N3O. The van der Waals surface area contributed by atoms with Crippen LogP contribution in [0.3, 0.4) is 0 Å². The first kappa shape index (κ1) is 8.69. The molecule has 0 bridgehead atoms. The van der Waals surface area contributed by atoms with Gasteiger partial charge in [0.1, 0.15) is 0 Å². The molecule has 4 nitrogen and oxygen atoms in total. The van der Waals surface area contributed by atoms with E-state index in [1.165, 1.54) is 12.8 Å².